The highest BCUT2D eigenvalue weighted by atomic mass is 79.9. The van der Waals surface area contributed by atoms with Gasteiger partial charge in [-0.05, 0) is 12.0 Å². The van der Waals surface area contributed by atoms with E-state index in [1.807, 2.05) is 32.0 Å². The Labute approximate surface area is 129 Å². The number of nitrogens with zero attached hydrogens (tertiary/aromatic N) is 1. The molecule has 0 saturated carbocycles. The van der Waals surface area contributed by atoms with Crippen molar-refractivity contribution in [1.29, 1.82) is 0 Å². The molecule has 1 heterocycles. The summed E-state index contributed by atoms with van der Waals surface area (Å²) in [6, 6.07) is 7.27. The number of hydrogen-bond donors (Lipinski definition) is 1. The fourth-order valence-corrected chi connectivity index (χ4v) is 2.72. The molecular formula is C14H14BrClN2O2. The molecule has 106 valence electrons. The molecule has 1 aromatic heterocycles. The number of nitrogens with one attached hydrogen (secondary N) is 1. The van der Waals surface area contributed by atoms with Crippen LogP contribution in [0.4, 0.5) is 0 Å². The first kappa shape index (κ1) is 15.1. The van der Waals surface area contributed by atoms with Gasteiger partial charge >= 0.3 is 5.69 Å². The van der Waals surface area contributed by atoms with Crippen molar-refractivity contribution >= 4 is 27.5 Å². The van der Waals surface area contributed by atoms with Gasteiger partial charge in [-0.25, -0.2) is 4.79 Å². The predicted octanol–water partition coefficient (Wildman–Crippen LogP) is 3.28. The number of hydrogen-bond acceptors (Lipinski definition) is 2. The van der Waals surface area contributed by atoms with E-state index in [1.54, 1.807) is 6.07 Å². The van der Waals surface area contributed by atoms with E-state index in [4.69, 9.17) is 11.6 Å². The molecular weight excluding hydrogens is 344 g/mol. The summed E-state index contributed by atoms with van der Waals surface area (Å²) in [6.07, 6.45) is 0. The average molecular weight is 358 g/mol. The third-order valence-corrected chi connectivity index (χ3v) is 3.81. The van der Waals surface area contributed by atoms with Crippen LogP contribution < -0.4 is 11.2 Å². The Kier molecular flexibility index (Phi) is 4.50. The standard InChI is InChI=1S/C14H14BrClN2O2/c1-8(2)7-18-13(19)11(12(16)17-14(18)20)9-5-3-4-6-10(9)15/h3-6,8H,7H2,1-2H3,(H,17,20). The van der Waals surface area contributed by atoms with Crippen molar-refractivity contribution in [1.82, 2.24) is 9.55 Å². The molecule has 0 aliphatic rings. The summed E-state index contributed by atoms with van der Waals surface area (Å²) in [5, 5.41) is 0.0620. The summed E-state index contributed by atoms with van der Waals surface area (Å²) in [5.74, 6) is 0.182. The smallest absolute Gasteiger partial charge is 0.297 e. The second-order valence-electron chi connectivity index (χ2n) is 4.91. The first-order chi connectivity index (χ1) is 9.41. The monoisotopic (exact) mass is 356 g/mol. The number of rotatable bonds is 3. The largest absolute Gasteiger partial charge is 0.329 e. The number of H-pyrrole nitrogens is 1. The van der Waals surface area contributed by atoms with E-state index in [-0.39, 0.29) is 16.6 Å². The van der Waals surface area contributed by atoms with Crippen LogP contribution >= 0.6 is 27.5 Å². The molecule has 0 aliphatic heterocycles. The van der Waals surface area contributed by atoms with Crippen LogP contribution in [0.3, 0.4) is 0 Å². The minimum atomic E-state index is -0.482. The van der Waals surface area contributed by atoms with Gasteiger partial charge < -0.3 is 0 Å². The molecule has 4 nitrogen and oxygen atoms in total. The highest BCUT2D eigenvalue weighted by molar-refractivity contribution is 9.10. The highest BCUT2D eigenvalue weighted by Gasteiger charge is 2.16. The lowest BCUT2D eigenvalue weighted by Crippen LogP contribution is -2.37. The Balaban J connectivity index is 2.75. The van der Waals surface area contributed by atoms with E-state index in [0.29, 0.717) is 17.7 Å². The molecule has 0 fully saturated rings. The van der Waals surface area contributed by atoms with E-state index in [9.17, 15) is 9.59 Å². The van der Waals surface area contributed by atoms with E-state index >= 15 is 0 Å². The maximum atomic E-state index is 12.5. The molecule has 0 bridgehead atoms. The molecule has 20 heavy (non-hydrogen) atoms. The fraction of sp³-hybridized carbons (Fsp3) is 0.286. The van der Waals surface area contributed by atoms with Crippen LogP contribution in [0.25, 0.3) is 11.1 Å². The van der Waals surface area contributed by atoms with Crippen molar-refractivity contribution in [3.05, 3.63) is 54.7 Å². The summed E-state index contributed by atoms with van der Waals surface area (Å²) in [6.45, 7) is 4.24. The average Bonchev–Trinajstić information content (AvgIpc) is 2.36. The Hall–Kier alpha value is -1.33. The molecule has 1 N–H and O–H groups in total. The number of aromatic amines is 1. The molecule has 0 unspecified atom stereocenters. The van der Waals surface area contributed by atoms with Crippen LogP contribution in [0.5, 0.6) is 0 Å². The van der Waals surface area contributed by atoms with Gasteiger partial charge in [-0.3, -0.25) is 14.3 Å². The van der Waals surface area contributed by atoms with Crippen molar-refractivity contribution in [2.45, 2.75) is 20.4 Å². The zero-order chi connectivity index (χ0) is 14.9. The quantitative estimate of drug-likeness (QED) is 0.857. The van der Waals surface area contributed by atoms with E-state index < -0.39 is 5.69 Å². The van der Waals surface area contributed by atoms with Crippen LogP contribution in [0, 0.1) is 5.92 Å². The van der Waals surface area contributed by atoms with Crippen molar-refractivity contribution in [3.8, 4) is 11.1 Å². The molecule has 0 aliphatic carbocycles. The van der Waals surface area contributed by atoms with Crippen LogP contribution in [0.15, 0.2) is 38.3 Å². The Morgan fingerprint density at radius 3 is 2.55 bits per heavy atom. The van der Waals surface area contributed by atoms with Crippen LogP contribution in [0.2, 0.25) is 5.15 Å². The van der Waals surface area contributed by atoms with Gasteiger partial charge in [0.15, 0.2) is 0 Å². The minimum absolute atomic E-state index is 0.0620. The fourth-order valence-electron chi connectivity index (χ4n) is 1.97. The summed E-state index contributed by atoms with van der Waals surface area (Å²) in [7, 11) is 0. The van der Waals surface area contributed by atoms with Gasteiger partial charge in [-0.1, -0.05) is 59.6 Å². The van der Waals surface area contributed by atoms with Gasteiger partial charge in [0.2, 0.25) is 0 Å². The number of halogens is 2. The molecule has 0 atom stereocenters. The first-order valence-electron chi connectivity index (χ1n) is 6.19. The number of aromatic nitrogens is 2. The van der Waals surface area contributed by atoms with E-state index in [0.717, 1.165) is 4.47 Å². The van der Waals surface area contributed by atoms with Gasteiger partial charge in [0.25, 0.3) is 5.56 Å². The second kappa shape index (κ2) is 5.97. The van der Waals surface area contributed by atoms with Crippen LogP contribution in [-0.4, -0.2) is 9.55 Å². The lowest BCUT2D eigenvalue weighted by atomic mass is 10.1. The minimum Gasteiger partial charge on any atom is -0.297 e. The highest BCUT2D eigenvalue weighted by Crippen LogP contribution is 2.28. The molecule has 2 aromatic rings. The van der Waals surface area contributed by atoms with Crippen molar-refractivity contribution in [2.75, 3.05) is 0 Å². The predicted molar refractivity (Wildman–Crippen MR) is 84.3 cm³/mol. The molecule has 6 heteroatoms. The lowest BCUT2D eigenvalue weighted by molar-refractivity contribution is 0.493. The van der Waals surface area contributed by atoms with Crippen LogP contribution in [-0.2, 0) is 6.54 Å². The van der Waals surface area contributed by atoms with Gasteiger partial charge in [-0.2, -0.15) is 0 Å². The van der Waals surface area contributed by atoms with Crippen molar-refractivity contribution < 1.29 is 0 Å². The summed E-state index contributed by atoms with van der Waals surface area (Å²) in [4.78, 5) is 26.9. The molecule has 0 amide bonds. The molecule has 1 aromatic carbocycles. The maximum absolute atomic E-state index is 12.5. The Morgan fingerprint density at radius 1 is 1.30 bits per heavy atom. The number of benzene rings is 1. The normalized spacial score (nSPS) is 11.1. The zero-order valence-corrected chi connectivity index (χ0v) is 13.5. The SMILES string of the molecule is CC(C)Cn1c(=O)[nH]c(Cl)c(-c2ccccc2Br)c1=O. The summed E-state index contributed by atoms with van der Waals surface area (Å²) in [5.41, 5.74) is 0.111. The van der Waals surface area contributed by atoms with Gasteiger partial charge in [0.1, 0.15) is 5.15 Å². The van der Waals surface area contributed by atoms with E-state index in [2.05, 4.69) is 20.9 Å². The lowest BCUT2D eigenvalue weighted by Gasteiger charge is -2.11. The van der Waals surface area contributed by atoms with Gasteiger partial charge in [-0.15, -0.1) is 0 Å². The topological polar surface area (TPSA) is 54.9 Å². The van der Waals surface area contributed by atoms with Crippen molar-refractivity contribution in [2.24, 2.45) is 5.92 Å². The van der Waals surface area contributed by atoms with E-state index in [1.165, 1.54) is 4.57 Å². The second-order valence-corrected chi connectivity index (χ2v) is 6.14. The zero-order valence-electron chi connectivity index (χ0n) is 11.1. The molecule has 2 rings (SSSR count). The van der Waals surface area contributed by atoms with Crippen LogP contribution in [0.1, 0.15) is 13.8 Å². The van der Waals surface area contributed by atoms with Gasteiger partial charge in [0.05, 0.1) is 5.56 Å². The Morgan fingerprint density at radius 2 is 1.95 bits per heavy atom. The molecule has 0 spiro atoms. The van der Waals surface area contributed by atoms with Crippen molar-refractivity contribution in [3.63, 3.8) is 0 Å². The van der Waals surface area contributed by atoms with Gasteiger partial charge in [0, 0.05) is 16.6 Å². The Bertz CT molecular complexity index is 750. The molecule has 0 saturated heterocycles. The summed E-state index contributed by atoms with van der Waals surface area (Å²) < 4.78 is 1.94. The maximum Gasteiger partial charge on any atom is 0.329 e. The molecule has 0 radical (unpaired) electrons. The first-order valence-corrected chi connectivity index (χ1v) is 7.36. The third-order valence-electron chi connectivity index (χ3n) is 2.83. The summed E-state index contributed by atoms with van der Waals surface area (Å²) >= 11 is 9.46. The third kappa shape index (κ3) is 2.88.